The Morgan fingerprint density at radius 2 is 1.82 bits per heavy atom. The Morgan fingerprint density at radius 1 is 1.02 bits per heavy atom. The zero-order valence-corrected chi connectivity index (χ0v) is 26.8. The van der Waals surface area contributed by atoms with E-state index in [0.717, 1.165) is 112 Å². The Balaban J connectivity index is 1.08. The van der Waals surface area contributed by atoms with Gasteiger partial charge in [0.2, 0.25) is 11.9 Å². The van der Waals surface area contributed by atoms with Crippen LogP contribution < -0.4 is 20.9 Å². The maximum absolute atomic E-state index is 12.0. The highest BCUT2D eigenvalue weighted by atomic mass is 16.8. The van der Waals surface area contributed by atoms with Gasteiger partial charge in [-0.2, -0.15) is 9.97 Å². The Labute approximate surface area is 265 Å². The Bertz CT molecular complexity index is 1320. The van der Waals surface area contributed by atoms with Crippen molar-refractivity contribution in [1.82, 2.24) is 25.0 Å². The number of fused-ring (bicyclic) bond motifs is 1. The zero-order valence-electron chi connectivity index (χ0n) is 26.8. The van der Waals surface area contributed by atoms with Crippen LogP contribution in [0.5, 0.6) is 5.75 Å². The predicted molar refractivity (Wildman–Crippen MR) is 173 cm³/mol. The molecule has 1 aromatic carbocycles. The number of anilines is 3. The van der Waals surface area contributed by atoms with Gasteiger partial charge >= 0.3 is 0 Å². The molecule has 2 aliphatic heterocycles. The van der Waals surface area contributed by atoms with Crippen molar-refractivity contribution in [3.05, 3.63) is 30.6 Å². The third-order valence-corrected chi connectivity index (χ3v) is 8.11. The van der Waals surface area contributed by atoms with E-state index in [0.29, 0.717) is 25.6 Å². The summed E-state index contributed by atoms with van der Waals surface area (Å²) in [6.07, 6.45) is 13.8. The molecule has 3 atom stereocenters. The third-order valence-electron chi connectivity index (χ3n) is 8.11. The summed E-state index contributed by atoms with van der Waals surface area (Å²) in [5.41, 5.74) is 4.90. The minimum absolute atomic E-state index is 0.0653. The molecular formula is C33H49N7O5. The van der Waals surface area contributed by atoms with Crippen LogP contribution in [0.2, 0.25) is 0 Å². The molecule has 2 fully saturated rings. The second-order valence-corrected chi connectivity index (χ2v) is 12.0. The summed E-state index contributed by atoms with van der Waals surface area (Å²) in [5, 5.41) is 6.91. The number of carbonyl (C=O) groups is 1. The first-order chi connectivity index (χ1) is 22.1. The largest absolute Gasteiger partial charge is 0.494 e. The summed E-state index contributed by atoms with van der Waals surface area (Å²) in [6.45, 7) is 6.40. The van der Waals surface area contributed by atoms with Crippen LogP contribution in [0.4, 0.5) is 17.5 Å². The van der Waals surface area contributed by atoms with Crippen LogP contribution in [0.15, 0.2) is 30.6 Å². The van der Waals surface area contributed by atoms with Crippen LogP contribution in [0.1, 0.15) is 104 Å². The quantitative estimate of drug-likeness (QED) is 0.109. The highest BCUT2D eigenvalue weighted by Crippen LogP contribution is 2.30. The molecule has 12 heteroatoms. The SMILES string of the molecule is CCCC(C)Nc1nc(Nc2ccc(OCCCCCCC(=O)NOC3CCCCO3)cc2)nc2c1ncn2C1CCCCO1. The summed E-state index contributed by atoms with van der Waals surface area (Å²) in [5.74, 6) is 1.94. The van der Waals surface area contributed by atoms with Crippen LogP contribution in [-0.2, 0) is 19.1 Å². The lowest BCUT2D eigenvalue weighted by atomic mass is 10.1. The Hall–Kier alpha value is -3.48. The monoisotopic (exact) mass is 623 g/mol. The fraction of sp³-hybridized carbons (Fsp3) is 0.636. The number of nitrogens with zero attached hydrogens (tertiary/aromatic N) is 4. The van der Waals surface area contributed by atoms with Gasteiger partial charge in [0.1, 0.15) is 12.0 Å². The number of nitrogens with one attached hydrogen (secondary N) is 3. The number of rotatable bonds is 17. The van der Waals surface area contributed by atoms with E-state index in [-0.39, 0.29) is 24.5 Å². The molecule has 3 N–H and O–H groups in total. The molecule has 3 unspecified atom stereocenters. The molecule has 3 aromatic rings. The summed E-state index contributed by atoms with van der Waals surface area (Å²) in [7, 11) is 0. The third kappa shape index (κ3) is 10.0. The first-order valence-corrected chi connectivity index (χ1v) is 16.8. The van der Waals surface area contributed by atoms with E-state index in [2.05, 4.69) is 34.9 Å². The topological polar surface area (TPSA) is 134 Å². The normalized spacial score (nSPS) is 19.2. The second-order valence-electron chi connectivity index (χ2n) is 12.0. The molecule has 0 aliphatic carbocycles. The molecule has 0 radical (unpaired) electrons. The minimum atomic E-state index is -0.311. The van der Waals surface area contributed by atoms with E-state index >= 15 is 0 Å². The molecule has 0 bridgehead atoms. The number of aromatic nitrogens is 4. The molecule has 5 rings (SSSR count). The second kappa shape index (κ2) is 17.3. The van der Waals surface area contributed by atoms with Crippen LogP contribution in [0.25, 0.3) is 11.2 Å². The van der Waals surface area contributed by atoms with Gasteiger partial charge in [0, 0.05) is 37.8 Å². The van der Waals surface area contributed by atoms with Gasteiger partial charge in [-0.25, -0.2) is 15.3 Å². The van der Waals surface area contributed by atoms with Crippen molar-refractivity contribution in [2.75, 3.05) is 30.5 Å². The number of hydrogen-bond donors (Lipinski definition) is 3. The molecule has 1 amide bonds. The maximum Gasteiger partial charge on any atom is 0.243 e. The van der Waals surface area contributed by atoms with Crippen LogP contribution in [0, 0.1) is 0 Å². The Morgan fingerprint density at radius 3 is 2.58 bits per heavy atom. The summed E-state index contributed by atoms with van der Waals surface area (Å²) in [6, 6.07) is 8.09. The lowest BCUT2D eigenvalue weighted by Gasteiger charge is -2.24. The first-order valence-electron chi connectivity index (χ1n) is 16.8. The number of benzene rings is 1. The number of carbonyl (C=O) groups excluding carboxylic acids is 1. The van der Waals surface area contributed by atoms with Crippen LogP contribution >= 0.6 is 0 Å². The van der Waals surface area contributed by atoms with Gasteiger partial charge in [0.05, 0.1) is 12.9 Å². The molecule has 0 spiro atoms. The average molecular weight is 624 g/mol. The molecule has 246 valence electrons. The lowest BCUT2D eigenvalue weighted by molar-refractivity contribution is -0.200. The standard InChI is InChI=1S/C33H49N7O5/c1-3-12-24(2)35-31-30-32(40(23-34-30)28-14-7-10-21-43-28)38-33(37-31)36-25-16-18-26(19-17-25)42-20-9-5-4-6-13-27(41)39-45-29-15-8-11-22-44-29/h16-19,23-24,28-29H,3-15,20-22H2,1-2H3,(H,39,41)(H2,35,36,37,38). The van der Waals surface area contributed by atoms with Crippen molar-refractivity contribution in [2.24, 2.45) is 0 Å². The van der Waals surface area contributed by atoms with Gasteiger partial charge < -0.3 is 24.8 Å². The van der Waals surface area contributed by atoms with Gasteiger partial charge in [-0.15, -0.1) is 0 Å². The molecule has 2 saturated heterocycles. The summed E-state index contributed by atoms with van der Waals surface area (Å²) in [4.78, 5) is 31.6. The van der Waals surface area contributed by atoms with Crippen molar-refractivity contribution in [1.29, 1.82) is 0 Å². The molecule has 2 aliphatic rings. The highest BCUT2D eigenvalue weighted by Gasteiger charge is 2.22. The van der Waals surface area contributed by atoms with E-state index in [1.54, 1.807) is 0 Å². The number of imidazole rings is 1. The maximum atomic E-state index is 12.0. The van der Waals surface area contributed by atoms with E-state index in [1.165, 1.54) is 0 Å². The zero-order chi connectivity index (χ0) is 31.3. The Kier molecular flexibility index (Phi) is 12.6. The van der Waals surface area contributed by atoms with E-state index < -0.39 is 0 Å². The van der Waals surface area contributed by atoms with Crippen molar-refractivity contribution < 1.29 is 23.8 Å². The van der Waals surface area contributed by atoms with Crippen molar-refractivity contribution >= 4 is 34.5 Å². The minimum Gasteiger partial charge on any atom is -0.494 e. The molecule has 2 aromatic heterocycles. The number of unbranched alkanes of at least 4 members (excludes halogenated alkanes) is 3. The van der Waals surface area contributed by atoms with E-state index in [4.69, 9.17) is 29.0 Å². The van der Waals surface area contributed by atoms with Gasteiger partial charge in [-0.1, -0.05) is 26.2 Å². The first kappa shape index (κ1) is 32.9. The fourth-order valence-electron chi connectivity index (χ4n) is 5.65. The molecule has 0 saturated carbocycles. The average Bonchev–Trinajstić information content (AvgIpc) is 3.49. The van der Waals surface area contributed by atoms with E-state index in [9.17, 15) is 4.79 Å². The van der Waals surface area contributed by atoms with Gasteiger partial charge in [0.25, 0.3) is 0 Å². The number of hydroxylamine groups is 1. The van der Waals surface area contributed by atoms with E-state index in [1.807, 2.05) is 35.2 Å². The smallest absolute Gasteiger partial charge is 0.243 e. The number of amides is 1. The number of ether oxygens (including phenoxy) is 3. The molecule has 12 nitrogen and oxygen atoms in total. The summed E-state index contributed by atoms with van der Waals surface area (Å²) >= 11 is 0. The predicted octanol–water partition coefficient (Wildman–Crippen LogP) is 6.77. The molecular weight excluding hydrogens is 574 g/mol. The lowest BCUT2D eigenvalue weighted by Crippen LogP contribution is -2.32. The van der Waals surface area contributed by atoms with Crippen LogP contribution in [-0.4, -0.2) is 57.6 Å². The molecule has 45 heavy (non-hydrogen) atoms. The fourth-order valence-corrected chi connectivity index (χ4v) is 5.65. The summed E-state index contributed by atoms with van der Waals surface area (Å²) < 4.78 is 19.5. The highest BCUT2D eigenvalue weighted by molar-refractivity contribution is 5.85. The van der Waals surface area contributed by atoms with Gasteiger partial charge in [0.15, 0.2) is 23.3 Å². The van der Waals surface area contributed by atoms with Crippen molar-refractivity contribution in [3.8, 4) is 5.75 Å². The van der Waals surface area contributed by atoms with Gasteiger partial charge in [-0.3, -0.25) is 9.36 Å². The number of hydrogen-bond acceptors (Lipinski definition) is 10. The van der Waals surface area contributed by atoms with Gasteiger partial charge in [-0.05, 0) is 82.6 Å². The van der Waals surface area contributed by atoms with Crippen LogP contribution in [0.3, 0.4) is 0 Å². The van der Waals surface area contributed by atoms with Crippen molar-refractivity contribution in [2.45, 2.75) is 116 Å². The van der Waals surface area contributed by atoms with Crippen molar-refractivity contribution in [3.63, 3.8) is 0 Å². The molecule has 4 heterocycles.